The summed E-state index contributed by atoms with van der Waals surface area (Å²) in [6.07, 6.45) is 2.12. The van der Waals surface area contributed by atoms with Gasteiger partial charge in [0.05, 0.1) is 0 Å². The van der Waals surface area contributed by atoms with E-state index >= 15 is 0 Å². The highest BCUT2D eigenvalue weighted by molar-refractivity contribution is 5.91. The minimum Gasteiger partial charge on any atom is -0.367 e. The van der Waals surface area contributed by atoms with E-state index in [4.69, 9.17) is 5.73 Å². The Labute approximate surface area is 101 Å². The summed E-state index contributed by atoms with van der Waals surface area (Å²) in [6, 6.07) is 6.19. The number of carbonyl (C=O) groups excluding carboxylic acids is 1. The van der Waals surface area contributed by atoms with Crippen LogP contribution in [0.4, 0.5) is 5.82 Å². The van der Waals surface area contributed by atoms with Gasteiger partial charge < -0.3 is 16.4 Å². The smallest absolute Gasteiger partial charge is 0.267 e. The summed E-state index contributed by atoms with van der Waals surface area (Å²) >= 11 is 0. The maximum absolute atomic E-state index is 11.0. The van der Waals surface area contributed by atoms with Gasteiger partial charge in [-0.05, 0) is 38.4 Å². The molecule has 2 rings (SSSR count). The van der Waals surface area contributed by atoms with Gasteiger partial charge in [0.1, 0.15) is 11.5 Å². The highest BCUT2D eigenvalue weighted by Gasteiger charge is 2.18. The van der Waals surface area contributed by atoms with E-state index in [1.54, 1.807) is 12.1 Å². The lowest BCUT2D eigenvalue weighted by Crippen LogP contribution is -2.41. The summed E-state index contributed by atoms with van der Waals surface area (Å²) in [4.78, 5) is 15.2. The number of hydrogen-bond acceptors (Lipinski definition) is 4. The van der Waals surface area contributed by atoms with E-state index in [2.05, 4.69) is 22.5 Å². The van der Waals surface area contributed by atoms with E-state index in [9.17, 15) is 4.79 Å². The first-order chi connectivity index (χ1) is 8.15. The molecule has 17 heavy (non-hydrogen) atoms. The van der Waals surface area contributed by atoms with Gasteiger partial charge >= 0.3 is 0 Å². The van der Waals surface area contributed by atoms with Crippen molar-refractivity contribution < 1.29 is 4.79 Å². The first-order valence-corrected chi connectivity index (χ1v) is 5.92. The van der Waals surface area contributed by atoms with Gasteiger partial charge in [0.25, 0.3) is 5.91 Å². The molecule has 1 aromatic rings. The van der Waals surface area contributed by atoms with Gasteiger partial charge in [-0.25, -0.2) is 4.98 Å². The van der Waals surface area contributed by atoms with Crippen molar-refractivity contribution in [1.29, 1.82) is 0 Å². The molecule has 2 unspecified atom stereocenters. The number of nitrogens with two attached hydrogens (primary N) is 1. The quantitative estimate of drug-likeness (QED) is 0.720. The molecule has 1 fully saturated rings. The lowest BCUT2D eigenvalue weighted by atomic mass is 10.0. The average Bonchev–Trinajstić information content (AvgIpc) is 2.29. The van der Waals surface area contributed by atoms with Crippen LogP contribution in [0.1, 0.15) is 30.3 Å². The van der Waals surface area contributed by atoms with Gasteiger partial charge in [0, 0.05) is 12.1 Å². The maximum atomic E-state index is 11.0. The maximum Gasteiger partial charge on any atom is 0.267 e. The number of amides is 1. The van der Waals surface area contributed by atoms with Crippen LogP contribution in [0.3, 0.4) is 0 Å². The number of nitrogens with one attached hydrogen (secondary N) is 2. The molecule has 1 aliphatic heterocycles. The largest absolute Gasteiger partial charge is 0.367 e. The van der Waals surface area contributed by atoms with Gasteiger partial charge in [0.15, 0.2) is 0 Å². The highest BCUT2D eigenvalue weighted by atomic mass is 16.1. The van der Waals surface area contributed by atoms with Crippen LogP contribution in [0, 0.1) is 0 Å². The number of pyridine rings is 1. The van der Waals surface area contributed by atoms with Crippen LogP contribution in [-0.2, 0) is 0 Å². The molecule has 0 spiro atoms. The molecule has 0 aromatic carbocycles. The van der Waals surface area contributed by atoms with Gasteiger partial charge in [0.2, 0.25) is 0 Å². The van der Waals surface area contributed by atoms with Crippen LogP contribution in [0.5, 0.6) is 0 Å². The van der Waals surface area contributed by atoms with E-state index in [-0.39, 0.29) is 0 Å². The van der Waals surface area contributed by atoms with Crippen molar-refractivity contribution >= 4 is 11.7 Å². The average molecular weight is 234 g/mol. The lowest BCUT2D eigenvalue weighted by molar-refractivity contribution is 0.0995. The Morgan fingerprint density at radius 3 is 3.12 bits per heavy atom. The molecule has 1 aromatic heterocycles. The molecule has 4 N–H and O–H groups in total. The van der Waals surface area contributed by atoms with Crippen molar-refractivity contribution in [3.05, 3.63) is 23.9 Å². The van der Waals surface area contributed by atoms with Crippen LogP contribution in [0.15, 0.2) is 18.2 Å². The van der Waals surface area contributed by atoms with Gasteiger partial charge in [-0.2, -0.15) is 0 Å². The molecule has 0 saturated carbocycles. The summed E-state index contributed by atoms with van der Waals surface area (Å²) in [7, 11) is 0. The number of rotatable bonds is 3. The zero-order valence-corrected chi connectivity index (χ0v) is 9.94. The van der Waals surface area contributed by atoms with Crippen molar-refractivity contribution in [2.24, 2.45) is 5.73 Å². The minimum absolute atomic E-state index is 0.303. The molecule has 92 valence electrons. The third-order valence-corrected chi connectivity index (χ3v) is 2.98. The summed E-state index contributed by atoms with van der Waals surface area (Å²) in [5.74, 6) is 0.229. The number of hydrogen-bond donors (Lipinski definition) is 3. The number of aromatic nitrogens is 1. The molecule has 0 bridgehead atoms. The van der Waals surface area contributed by atoms with Gasteiger partial charge in [-0.15, -0.1) is 0 Å². The highest BCUT2D eigenvalue weighted by Crippen LogP contribution is 2.14. The van der Waals surface area contributed by atoms with Crippen LogP contribution < -0.4 is 16.4 Å². The van der Waals surface area contributed by atoms with Crippen molar-refractivity contribution in [3.8, 4) is 0 Å². The third-order valence-electron chi connectivity index (χ3n) is 2.98. The normalized spacial score (nSPS) is 24.3. The molecular formula is C12H18N4O. The number of piperidine rings is 1. The minimum atomic E-state index is -0.493. The molecule has 2 atom stereocenters. The van der Waals surface area contributed by atoms with E-state index in [0.717, 1.165) is 25.2 Å². The topological polar surface area (TPSA) is 80.0 Å². The number of nitrogens with zero attached hydrogens (tertiary/aromatic N) is 1. The zero-order chi connectivity index (χ0) is 12.3. The predicted octanol–water partition coefficient (Wildman–Crippen LogP) is 0.733. The molecular weight excluding hydrogens is 216 g/mol. The van der Waals surface area contributed by atoms with Crippen LogP contribution in [0.2, 0.25) is 0 Å². The number of primary amides is 1. The molecule has 5 heteroatoms. The number of anilines is 1. The first-order valence-electron chi connectivity index (χ1n) is 5.92. The molecule has 5 nitrogen and oxygen atoms in total. The second-order valence-electron chi connectivity index (χ2n) is 4.49. The molecule has 1 saturated heterocycles. The standard InChI is InChI=1S/C12H18N4O/c1-8-7-9(5-6-14-8)15-11-4-2-3-10(16-11)12(13)17/h2-4,8-9,14H,5-7H2,1H3,(H2,13,17)(H,15,16). The Balaban J connectivity index is 2.02. The Morgan fingerprint density at radius 1 is 1.59 bits per heavy atom. The van der Waals surface area contributed by atoms with Crippen molar-refractivity contribution in [1.82, 2.24) is 10.3 Å². The third kappa shape index (κ3) is 3.17. The van der Waals surface area contributed by atoms with Crippen molar-refractivity contribution in [2.75, 3.05) is 11.9 Å². The summed E-state index contributed by atoms with van der Waals surface area (Å²) in [5.41, 5.74) is 5.50. The Bertz CT molecular complexity index is 407. The summed E-state index contributed by atoms with van der Waals surface area (Å²) in [6.45, 7) is 3.18. The van der Waals surface area contributed by atoms with E-state index < -0.39 is 5.91 Å². The monoisotopic (exact) mass is 234 g/mol. The van der Waals surface area contributed by atoms with Crippen LogP contribution in [0.25, 0.3) is 0 Å². The predicted molar refractivity (Wildman–Crippen MR) is 66.9 cm³/mol. The second-order valence-corrected chi connectivity index (χ2v) is 4.49. The molecule has 1 aliphatic rings. The summed E-state index contributed by atoms with van der Waals surface area (Å²) in [5, 5.41) is 6.74. The van der Waals surface area contributed by atoms with E-state index in [0.29, 0.717) is 17.8 Å². The Hall–Kier alpha value is -1.62. The van der Waals surface area contributed by atoms with Crippen LogP contribution >= 0.6 is 0 Å². The van der Waals surface area contributed by atoms with E-state index in [1.165, 1.54) is 0 Å². The lowest BCUT2D eigenvalue weighted by Gasteiger charge is -2.29. The summed E-state index contributed by atoms with van der Waals surface area (Å²) < 4.78 is 0. The Kier molecular flexibility index (Phi) is 3.58. The van der Waals surface area contributed by atoms with Crippen molar-refractivity contribution in [2.45, 2.75) is 31.8 Å². The second kappa shape index (κ2) is 5.14. The molecule has 0 radical (unpaired) electrons. The SMILES string of the molecule is CC1CC(Nc2cccc(C(N)=O)n2)CCN1. The van der Waals surface area contributed by atoms with Gasteiger partial charge in [-0.3, -0.25) is 4.79 Å². The van der Waals surface area contributed by atoms with Crippen molar-refractivity contribution in [3.63, 3.8) is 0 Å². The van der Waals surface area contributed by atoms with E-state index in [1.807, 2.05) is 6.07 Å². The fourth-order valence-electron chi connectivity index (χ4n) is 2.12. The van der Waals surface area contributed by atoms with Crippen LogP contribution in [-0.4, -0.2) is 29.5 Å². The Morgan fingerprint density at radius 2 is 2.41 bits per heavy atom. The molecule has 1 amide bonds. The zero-order valence-electron chi connectivity index (χ0n) is 9.94. The fraction of sp³-hybridized carbons (Fsp3) is 0.500. The molecule has 2 heterocycles. The molecule has 0 aliphatic carbocycles. The first kappa shape index (κ1) is 11.9. The number of carbonyl (C=O) groups is 1. The van der Waals surface area contributed by atoms with Gasteiger partial charge in [-0.1, -0.05) is 6.07 Å². The fourth-order valence-corrected chi connectivity index (χ4v) is 2.12.